The van der Waals surface area contributed by atoms with Gasteiger partial charge in [0.05, 0.1) is 35.7 Å². The van der Waals surface area contributed by atoms with Crippen LogP contribution in [0.15, 0.2) is 30.7 Å². The molecule has 0 aliphatic carbocycles. The number of rotatable bonds is 3. The Morgan fingerprint density at radius 2 is 2.33 bits per heavy atom. The second-order valence-corrected chi connectivity index (χ2v) is 5.70. The molecule has 1 aliphatic heterocycles. The molecule has 0 radical (unpaired) electrons. The van der Waals surface area contributed by atoms with Gasteiger partial charge < -0.3 is 14.6 Å². The molecule has 3 rings (SSSR count). The number of non-ortho nitro benzene ring substituents is 1. The van der Waals surface area contributed by atoms with Crippen molar-refractivity contribution in [1.82, 2.24) is 9.97 Å². The molecule has 1 aromatic heterocycles. The number of aromatic amines is 1. The predicted molar refractivity (Wildman–Crippen MR) is 77.4 cm³/mol. The van der Waals surface area contributed by atoms with E-state index in [0.717, 1.165) is 11.4 Å². The summed E-state index contributed by atoms with van der Waals surface area (Å²) in [6.45, 7) is 5.23. The smallest absolute Gasteiger partial charge is 0.271 e. The zero-order valence-electron chi connectivity index (χ0n) is 11.9. The number of nitro groups is 1. The van der Waals surface area contributed by atoms with Crippen LogP contribution in [0.2, 0.25) is 0 Å². The van der Waals surface area contributed by atoms with Crippen molar-refractivity contribution in [3.8, 4) is 5.75 Å². The van der Waals surface area contributed by atoms with Crippen molar-refractivity contribution in [3.63, 3.8) is 0 Å². The van der Waals surface area contributed by atoms with Gasteiger partial charge in [-0.1, -0.05) is 0 Å². The number of aromatic nitrogens is 2. The highest BCUT2D eigenvalue weighted by Gasteiger charge is 2.33. The number of nitro benzene ring substituents is 1. The van der Waals surface area contributed by atoms with Crippen molar-refractivity contribution in [2.24, 2.45) is 0 Å². The summed E-state index contributed by atoms with van der Waals surface area (Å²) in [7, 11) is 0. The third-order valence-electron chi connectivity index (χ3n) is 3.37. The average molecular weight is 288 g/mol. The number of ether oxygens (including phenoxy) is 1. The molecule has 7 heteroatoms. The van der Waals surface area contributed by atoms with E-state index < -0.39 is 4.92 Å². The highest BCUT2D eigenvalue weighted by Crippen LogP contribution is 2.39. The maximum absolute atomic E-state index is 11.0. The Morgan fingerprint density at radius 3 is 3.00 bits per heavy atom. The summed E-state index contributed by atoms with van der Waals surface area (Å²) >= 11 is 0. The second-order valence-electron chi connectivity index (χ2n) is 5.70. The van der Waals surface area contributed by atoms with Gasteiger partial charge in [0.2, 0.25) is 0 Å². The molecule has 2 heterocycles. The highest BCUT2D eigenvalue weighted by atomic mass is 16.6. The fraction of sp³-hybridized carbons (Fsp3) is 0.357. The SMILES string of the molecule is CC1(C)CN(Cc2cnc[nH]2)c2cc([N+](=O)[O-])ccc2O1. The van der Waals surface area contributed by atoms with E-state index in [4.69, 9.17) is 4.74 Å². The quantitative estimate of drug-likeness (QED) is 0.693. The summed E-state index contributed by atoms with van der Waals surface area (Å²) in [6, 6.07) is 4.68. The Kier molecular flexibility index (Phi) is 3.04. The van der Waals surface area contributed by atoms with E-state index in [9.17, 15) is 10.1 Å². The van der Waals surface area contributed by atoms with E-state index >= 15 is 0 Å². The molecule has 21 heavy (non-hydrogen) atoms. The van der Waals surface area contributed by atoms with Gasteiger partial charge in [-0.15, -0.1) is 0 Å². The van der Waals surface area contributed by atoms with Gasteiger partial charge in [0.15, 0.2) is 0 Å². The fourth-order valence-corrected chi connectivity index (χ4v) is 2.55. The molecule has 7 nitrogen and oxygen atoms in total. The van der Waals surface area contributed by atoms with Crippen LogP contribution < -0.4 is 9.64 Å². The van der Waals surface area contributed by atoms with Crippen LogP contribution >= 0.6 is 0 Å². The minimum absolute atomic E-state index is 0.0617. The van der Waals surface area contributed by atoms with Gasteiger partial charge in [-0.25, -0.2) is 4.98 Å². The van der Waals surface area contributed by atoms with Crippen LogP contribution in [0.25, 0.3) is 0 Å². The number of fused-ring (bicyclic) bond motifs is 1. The van der Waals surface area contributed by atoms with Crippen LogP contribution in [0.1, 0.15) is 19.5 Å². The van der Waals surface area contributed by atoms with Gasteiger partial charge in [-0.3, -0.25) is 10.1 Å². The molecule has 0 bridgehead atoms. The van der Waals surface area contributed by atoms with Crippen molar-refractivity contribution < 1.29 is 9.66 Å². The standard InChI is InChI=1S/C14H16N4O3/c1-14(2)8-17(7-10-6-15-9-16-10)12-5-11(18(19)20)3-4-13(12)21-14/h3-6,9H,7-8H2,1-2H3,(H,15,16). The summed E-state index contributed by atoms with van der Waals surface area (Å²) in [5.41, 5.74) is 1.39. The molecule has 0 saturated carbocycles. The summed E-state index contributed by atoms with van der Waals surface area (Å²) in [6.07, 6.45) is 3.37. The molecular weight excluding hydrogens is 272 g/mol. The van der Waals surface area contributed by atoms with Crippen molar-refractivity contribution in [2.45, 2.75) is 26.0 Å². The molecule has 0 unspecified atom stereocenters. The van der Waals surface area contributed by atoms with E-state index in [1.807, 2.05) is 13.8 Å². The largest absolute Gasteiger partial charge is 0.484 e. The lowest BCUT2D eigenvalue weighted by molar-refractivity contribution is -0.384. The zero-order chi connectivity index (χ0) is 15.0. The lowest BCUT2D eigenvalue weighted by Crippen LogP contribution is -2.46. The number of hydrogen-bond acceptors (Lipinski definition) is 5. The van der Waals surface area contributed by atoms with Gasteiger partial charge in [0.1, 0.15) is 11.4 Å². The topological polar surface area (TPSA) is 84.3 Å². The molecule has 0 saturated heterocycles. The highest BCUT2D eigenvalue weighted by molar-refractivity contribution is 5.65. The predicted octanol–water partition coefficient (Wildman–Crippen LogP) is 2.50. The van der Waals surface area contributed by atoms with E-state index in [-0.39, 0.29) is 11.3 Å². The first-order chi connectivity index (χ1) is 9.94. The average Bonchev–Trinajstić information content (AvgIpc) is 2.89. The first-order valence-electron chi connectivity index (χ1n) is 6.64. The lowest BCUT2D eigenvalue weighted by atomic mass is 10.0. The Balaban J connectivity index is 2.00. The third kappa shape index (κ3) is 2.67. The number of nitrogens with zero attached hydrogens (tertiary/aromatic N) is 3. The van der Waals surface area contributed by atoms with Crippen molar-refractivity contribution >= 4 is 11.4 Å². The number of nitrogens with one attached hydrogen (secondary N) is 1. The molecule has 110 valence electrons. The first-order valence-corrected chi connectivity index (χ1v) is 6.64. The van der Waals surface area contributed by atoms with Gasteiger partial charge in [-0.05, 0) is 19.9 Å². The van der Waals surface area contributed by atoms with Crippen LogP contribution in [-0.2, 0) is 6.54 Å². The van der Waals surface area contributed by atoms with Gasteiger partial charge in [-0.2, -0.15) is 0 Å². The normalized spacial score (nSPS) is 16.2. The van der Waals surface area contributed by atoms with Gasteiger partial charge in [0.25, 0.3) is 5.69 Å². The van der Waals surface area contributed by atoms with Crippen LogP contribution in [0.5, 0.6) is 5.75 Å². The fourth-order valence-electron chi connectivity index (χ4n) is 2.55. The van der Waals surface area contributed by atoms with Crippen molar-refractivity contribution in [3.05, 3.63) is 46.5 Å². The second kappa shape index (κ2) is 4.76. The summed E-state index contributed by atoms with van der Waals surface area (Å²) in [4.78, 5) is 19.7. The molecule has 0 fully saturated rings. The molecule has 1 aliphatic rings. The van der Waals surface area contributed by atoms with E-state index in [1.165, 1.54) is 6.07 Å². The third-order valence-corrected chi connectivity index (χ3v) is 3.37. The van der Waals surface area contributed by atoms with E-state index in [0.29, 0.717) is 18.8 Å². The Bertz CT molecular complexity index is 667. The van der Waals surface area contributed by atoms with Crippen LogP contribution in [-0.4, -0.2) is 27.0 Å². The minimum Gasteiger partial charge on any atom is -0.484 e. The number of benzene rings is 1. The molecule has 1 N–H and O–H groups in total. The van der Waals surface area contributed by atoms with Crippen LogP contribution in [0.4, 0.5) is 11.4 Å². The maximum Gasteiger partial charge on any atom is 0.271 e. The van der Waals surface area contributed by atoms with Crippen molar-refractivity contribution in [2.75, 3.05) is 11.4 Å². The molecule has 1 aromatic carbocycles. The van der Waals surface area contributed by atoms with Gasteiger partial charge >= 0.3 is 0 Å². The number of hydrogen-bond donors (Lipinski definition) is 1. The monoisotopic (exact) mass is 288 g/mol. The van der Waals surface area contributed by atoms with Gasteiger partial charge in [0, 0.05) is 18.3 Å². The minimum atomic E-state index is -0.394. The summed E-state index contributed by atoms with van der Waals surface area (Å²) in [5.74, 6) is 0.663. The molecular formula is C14H16N4O3. The number of imidazole rings is 1. The zero-order valence-corrected chi connectivity index (χ0v) is 11.9. The Labute approximate surface area is 121 Å². The Morgan fingerprint density at radius 1 is 1.52 bits per heavy atom. The molecule has 0 amide bonds. The molecule has 0 atom stereocenters. The van der Waals surface area contributed by atoms with E-state index in [2.05, 4.69) is 14.9 Å². The van der Waals surface area contributed by atoms with E-state index in [1.54, 1.807) is 24.7 Å². The molecule has 2 aromatic rings. The molecule has 0 spiro atoms. The number of anilines is 1. The van der Waals surface area contributed by atoms with Crippen molar-refractivity contribution in [1.29, 1.82) is 0 Å². The first kappa shape index (κ1) is 13.4. The summed E-state index contributed by atoms with van der Waals surface area (Å²) in [5, 5.41) is 11.0. The van der Waals surface area contributed by atoms with Crippen LogP contribution in [0.3, 0.4) is 0 Å². The number of H-pyrrole nitrogens is 1. The maximum atomic E-state index is 11.0. The van der Waals surface area contributed by atoms with Crippen LogP contribution in [0, 0.1) is 10.1 Å². The Hall–Kier alpha value is -2.57. The summed E-state index contributed by atoms with van der Waals surface area (Å²) < 4.78 is 5.91. The lowest BCUT2D eigenvalue weighted by Gasteiger charge is -2.40.